The number of benzene rings is 1. The third-order valence-electron chi connectivity index (χ3n) is 2.42. The van der Waals surface area contributed by atoms with Gasteiger partial charge in [0.15, 0.2) is 11.6 Å². The first-order valence-electron chi connectivity index (χ1n) is 5.51. The van der Waals surface area contributed by atoms with Crippen LogP contribution < -0.4 is 11.1 Å². The number of carbonyl (C=O) groups is 1. The van der Waals surface area contributed by atoms with Gasteiger partial charge >= 0.3 is 0 Å². The highest BCUT2D eigenvalue weighted by molar-refractivity contribution is 5.99. The standard InChI is InChI=1S/C13H14F2N2O/c1-3-5-8(4-2)17-13(18)9-6-10(14)11(15)7-12(9)16/h2,6-8H,3,5,16H2,1H3,(H,17,18). The molecule has 96 valence electrons. The van der Waals surface area contributed by atoms with Gasteiger partial charge in [-0.05, 0) is 12.5 Å². The number of hydrogen-bond acceptors (Lipinski definition) is 2. The molecule has 18 heavy (non-hydrogen) atoms. The fourth-order valence-corrected chi connectivity index (χ4v) is 1.48. The van der Waals surface area contributed by atoms with E-state index >= 15 is 0 Å². The van der Waals surface area contributed by atoms with Crippen molar-refractivity contribution in [3.63, 3.8) is 0 Å². The van der Waals surface area contributed by atoms with Crippen LogP contribution in [0.15, 0.2) is 12.1 Å². The maximum absolute atomic E-state index is 13.0. The van der Waals surface area contributed by atoms with Gasteiger partial charge < -0.3 is 11.1 Å². The third kappa shape index (κ3) is 3.20. The molecule has 0 spiro atoms. The van der Waals surface area contributed by atoms with Gasteiger partial charge in [0, 0.05) is 11.8 Å². The summed E-state index contributed by atoms with van der Waals surface area (Å²) in [6, 6.07) is 1.09. The van der Waals surface area contributed by atoms with Crippen LogP contribution in [0.25, 0.3) is 0 Å². The number of anilines is 1. The molecule has 3 N–H and O–H groups in total. The molecule has 0 heterocycles. The van der Waals surface area contributed by atoms with Gasteiger partial charge in [0.2, 0.25) is 0 Å². The average molecular weight is 252 g/mol. The summed E-state index contributed by atoms with van der Waals surface area (Å²) >= 11 is 0. The van der Waals surface area contributed by atoms with Crippen LogP contribution in [-0.4, -0.2) is 11.9 Å². The Morgan fingerprint density at radius 1 is 1.50 bits per heavy atom. The van der Waals surface area contributed by atoms with E-state index in [0.717, 1.165) is 18.6 Å². The minimum atomic E-state index is -1.12. The molecule has 0 aliphatic carbocycles. The lowest BCUT2D eigenvalue weighted by Gasteiger charge is -2.13. The molecule has 5 heteroatoms. The molecule has 1 aromatic carbocycles. The van der Waals surface area contributed by atoms with E-state index in [1.165, 1.54) is 0 Å². The summed E-state index contributed by atoms with van der Waals surface area (Å²) in [5, 5.41) is 2.53. The summed E-state index contributed by atoms with van der Waals surface area (Å²) in [5.41, 5.74) is 5.22. The maximum Gasteiger partial charge on any atom is 0.254 e. The molecule has 0 bridgehead atoms. The van der Waals surface area contributed by atoms with Crippen molar-refractivity contribution >= 4 is 11.6 Å². The van der Waals surface area contributed by atoms with E-state index in [1.807, 2.05) is 6.92 Å². The van der Waals surface area contributed by atoms with Crippen LogP contribution >= 0.6 is 0 Å². The van der Waals surface area contributed by atoms with Crippen molar-refractivity contribution in [1.29, 1.82) is 0 Å². The lowest BCUT2D eigenvalue weighted by Crippen LogP contribution is -2.34. The van der Waals surface area contributed by atoms with Gasteiger partial charge in [-0.15, -0.1) is 6.42 Å². The Bertz CT molecular complexity index is 494. The number of halogens is 2. The van der Waals surface area contributed by atoms with Crippen LogP contribution in [0, 0.1) is 24.0 Å². The molecule has 1 amide bonds. The highest BCUT2D eigenvalue weighted by Crippen LogP contribution is 2.17. The topological polar surface area (TPSA) is 55.1 Å². The van der Waals surface area contributed by atoms with E-state index in [9.17, 15) is 13.6 Å². The molecule has 1 atom stereocenters. The van der Waals surface area contributed by atoms with Crippen molar-refractivity contribution in [2.75, 3.05) is 5.73 Å². The fourth-order valence-electron chi connectivity index (χ4n) is 1.48. The van der Waals surface area contributed by atoms with Crippen molar-refractivity contribution in [3.8, 4) is 12.3 Å². The van der Waals surface area contributed by atoms with Crippen molar-refractivity contribution in [1.82, 2.24) is 5.32 Å². The monoisotopic (exact) mass is 252 g/mol. The van der Waals surface area contributed by atoms with E-state index in [2.05, 4.69) is 11.2 Å². The zero-order valence-electron chi connectivity index (χ0n) is 9.97. The zero-order valence-corrected chi connectivity index (χ0v) is 9.97. The summed E-state index contributed by atoms with van der Waals surface area (Å²) in [6.07, 6.45) is 6.64. The van der Waals surface area contributed by atoms with Crippen LogP contribution in [0.4, 0.5) is 14.5 Å². The molecule has 1 rings (SSSR count). The molecular formula is C13H14F2N2O. The summed E-state index contributed by atoms with van der Waals surface area (Å²) < 4.78 is 25.9. The molecule has 0 radical (unpaired) electrons. The van der Waals surface area contributed by atoms with Gasteiger partial charge in [0.25, 0.3) is 5.91 Å². The van der Waals surface area contributed by atoms with E-state index in [0.29, 0.717) is 6.42 Å². The number of nitrogen functional groups attached to an aromatic ring is 1. The Kier molecular flexibility index (Phi) is 4.67. The van der Waals surface area contributed by atoms with Crippen LogP contribution in [0.1, 0.15) is 30.1 Å². The average Bonchev–Trinajstić information content (AvgIpc) is 2.33. The quantitative estimate of drug-likeness (QED) is 0.636. The van der Waals surface area contributed by atoms with Gasteiger partial charge in [-0.3, -0.25) is 4.79 Å². The van der Waals surface area contributed by atoms with E-state index in [-0.39, 0.29) is 11.3 Å². The number of amides is 1. The first-order valence-corrected chi connectivity index (χ1v) is 5.51. The summed E-state index contributed by atoms with van der Waals surface area (Å²) in [5.74, 6) is -0.415. The molecule has 0 fully saturated rings. The molecular weight excluding hydrogens is 238 g/mol. The summed E-state index contributed by atoms with van der Waals surface area (Å²) in [4.78, 5) is 11.8. The second kappa shape index (κ2) is 6.01. The van der Waals surface area contributed by atoms with Crippen LogP contribution in [0.5, 0.6) is 0 Å². The predicted octanol–water partition coefficient (Wildman–Crippen LogP) is 2.08. The Morgan fingerprint density at radius 3 is 2.67 bits per heavy atom. The second-order valence-corrected chi connectivity index (χ2v) is 3.83. The predicted molar refractivity (Wildman–Crippen MR) is 65.8 cm³/mol. The van der Waals surface area contributed by atoms with E-state index in [4.69, 9.17) is 12.2 Å². The highest BCUT2D eigenvalue weighted by Gasteiger charge is 2.16. The molecule has 0 aliphatic heterocycles. The molecule has 0 saturated carbocycles. The van der Waals surface area contributed by atoms with Crippen LogP contribution in [0.3, 0.4) is 0 Å². The Labute approximate surface area is 104 Å². The molecule has 0 saturated heterocycles. The van der Waals surface area contributed by atoms with Crippen molar-refractivity contribution in [2.24, 2.45) is 0 Å². The SMILES string of the molecule is C#CC(CCC)NC(=O)c1cc(F)c(F)cc1N. The first kappa shape index (κ1) is 14.0. The number of rotatable bonds is 4. The Balaban J connectivity index is 2.91. The molecule has 1 aromatic rings. The molecule has 3 nitrogen and oxygen atoms in total. The summed E-state index contributed by atoms with van der Waals surface area (Å²) in [6.45, 7) is 1.92. The van der Waals surface area contributed by atoms with Gasteiger partial charge in [-0.2, -0.15) is 0 Å². The second-order valence-electron chi connectivity index (χ2n) is 3.83. The number of nitrogens with two attached hydrogens (primary N) is 1. The highest BCUT2D eigenvalue weighted by atomic mass is 19.2. The number of carbonyl (C=O) groups excluding carboxylic acids is 1. The van der Waals surface area contributed by atoms with Crippen LogP contribution in [0.2, 0.25) is 0 Å². The van der Waals surface area contributed by atoms with Gasteiger partial charge in [0.05, 0.1) is 11.6 Å². The lowest BCUT2D eigenvalue weighted by molar-refractivity contribution is 0.0944. The largest absolute Gasteiger partial charge is 0.398 e. The smallest absolute Gasteiger partial charge is 0.254 e. The third-order valence-corrected chi connectivity index (χ3v) is 2.42. The number of terminal acetylenes is 1. The molecule has 1 unspecified atom stereocenters. The van der Waals surface area contributed by atoms with Gasteiger partial charge in [-0.25, -0.2) is 8.78 Å². The van der Waals surface area contributed by atoms with Crippen molar-refractivity contribution < 1.29 is 13.6 Å². The summed E-state index contributed by atoms with van der Waals surface area (Å²) in [7, 11) is 0. The number of hydrogen-bond donors (Lipinski definition) is 2. The molecule has 0 aromatic heterocycles. The molecule has 0 aliphatic rings. The maximum atomic E-state index is 13.0. The number of nitrogens with one attached hydrogen (secondary N) is 1. The van der Waals surface area contributed by atoms with Crippen LogP contribution in [-0.2, 0) is 0 Å². The van der Waals surface area contributed by atoms with E-state index < -0.39 is 23.6 Å². The Morgan fingerprint density at radius 2 is 2.11 bits per heavy atom. The lowest BCUT2D eigenvalue weighted by atomic mass is 10.1. The minimum absolute atomic E-state index is 0.120. The minimum Gasteiger partial charge on any atom is -0.398 e. The van der Waals surface area contributed by atoms with Crippen molar-refractivity contribution in [2.45, 2.75) is 25.8 Å². The van der Waals surface area contributed by atoms with E-state index in [1.54, 1.807) is 0 Å². The first-order chi connectivity index (χ1) is 8.49. The Hall–Kier alpha value is -2.09. The van der Waals surface area contributed by atoms with Crippen molar-refractivity contribution in [3.05, 3.63) is 29.3 Å². The fraction of sp³-hybridized carbons (Fsp3) is 0.308. The van der Waals surface area contributed by atoms with Gasteiger partial charge in [0.1, 0.15) is 0 Å². The zero-order chi connectivity index (χ0) is 13.7. The normalized spacial score (nSPS) is 11.7. The van der Waals surface area contributed by atoms with Gasteiger partial charge in [-0.1, -0.05) is 19.3 Å².